The largest absolute Gasteiger partial charge is 0.398 e. The van der Waals surface area contributed by atoms with Gasteiger partial charge in [-0.2, -0.15) is 0 Å². The Morgan fingerprint density at radius 3 is 2.21 bits per heavy atom. The first-order valence-corrected chi connectivity index (χ1v) is 5.05. The van der Waals surface area contributed by atoms with Crippen LogP contribution in [0, 0.1) is 19.8 Å². The molecule has 4 N–H and O–H groups in total. The first-order valence-electron chi connectivity index (χ1n) is 5.05. The van der Waals surface area contributed by atoms with Gasteiger partial charge in [0.1, 0.15) is 0 Å². The van der Waals surface area contributed by atoms with E-state index in [9.17, 15) is 0 Å². The summed E-state index contributed by atoms with van der Waals surface area (Å²) in [6.07, 6.45) is 0. The second-order valence-corrected chi connectivity index (χ2v) is 4.35. The minimum atomic E-state index is 0.0357. The minimum absolute atomic E-state index is 0.0357. The standard InChI is InChI=1S/C12H20N2/c1-7(2)11(13)10-6-8(3)5-9(4)12(10)14/h5-7,11H,13-14H2,1-4H3/t11-/m0/s1. The molecule has 1 atom stereocenters. The average molecular weight is 192 g/mol. The molecule has 14 heavy (non-hydrogen) atoms. The van der Waals surface area contributed by atoms with Gasteiger partial charge in [0.25, 0.3) is 0 Å². The first-order chi connectivity index (χ1) is 6.43. The summed E-state index contributed by atoms with van der Waals surface area (Å²) in [5.41, 5.74) is 16.4. The second kappa shape index (κ2) is 4.01. The van der Waals surface area contributed by atoms with Gasteiger partial charge >= 0.3 is 0 Å². The smallest absolute Gasteiger partial charge is 0.0392 e. The molecule has 1 rings (SSSR count). The van der Waals surface area contributed by atoms with Gasteiger partial charge in [-0.05, 0) is 30.9 Å². The van der Waals surface area contributed by atoms with Gasteiger partial charge in [-0.3, -0.25) is 0 Å². The van der Waals surface area contributed by atoms with Crippen LogP contribution >= 0.6 is 0 Å². The van der Waals surface area contributed by atoms with Crippen LogP contribution in [0.4, 0.5) is 5.69 Å². The molecular weight excluding hydrogens is 172 g/mol. The third-order valence-electron chi connectivity index (χ3n) is 2.64. The van der Waals surface area contributed by atoms with Crippen molar-refractivity contribution in [3.63, 3.8) is 0 Å². The quantitative estimate of drug-likeness (QED) is 0.707. The predicted molar refractivity (Wildman–Crippen MR) is 62.1 cm³/mol. The molecule has 0 aliphatic rings. The number of aryl methyl sites for hydroxylation is 2. The highest BCUT2D eigenvalue weighted by molar-refractivity contribution is 5.56. The van der Waals surface area contributed by atoms with Gasteiger partial charge in [-0.15, -0.1) is 0 Å². The summed E-state index contributed by atoms with van der Waals surface area (Å²) in [7, 11) is 0. The van der Waals surface area contributed by atoms with Crippen molar-refractivity contribution in [1.82, 2.24) is 0 Å². The van der Waals surface area contributed by atoms with Crippen LogP contribution in [-0.2, 0) is 0 Å². The van der Waals surface area contributed by atoms with Crippen molar-refractivity contribution in [2.45, 2.75) is 33.7 Å². The lowest BCUT2D eigenvalue weighted by Crippen LogP contribution is -2.18. The Balaban J connectivity index is 3.20. The number of hydrogen-bond donors (Lipinski definition) is 2. The van der Waals surface area contributed by atoms with E-state index in [0.29, 0.717) is 5.92 Å². The molecule has 0 unspecified atom stereocenters. The van der Waals surface area contributed by atoms with Crippen LogP contribution in [0.3, 0.4) is 0 Å². The number of rotatable bonds is 2. The van der Waals surface area contributed by atoms with E-state index >= 15 is 0 Å². The van der Waals surface area contributed by atoms with Crippen LogP contribution in [0.1, 0.15) is 36.6 Å². The van der Waals surface area contributed by atoms with Crippen molar-refractivity contribution < 1.29 is 0 Å². The highest BCUT2D eigenvalue weighted by atomic mass is 14.7. The molecule has 78 valence electrons. The van der Waals surface area contributed by atoms with Gasteiger partial charge in [-0.1, -0.05) is 31.5 Å². The van der Waals surface area contributed by atoms with Crippen molar-refractivity contribution in [2.24, 2.45) is 11.7 Å². The van der Waals surface area contributed by atoms with E-state index in [4.69, 9.17) is 11.5 Å². The van der Waals surface area contributed by atoms with Gasteiger partial charge in [0.2, 0.25) is 0 Å². The highest BCUT2D eigenvalue weighted by Crippen LogP contribution is 2.28. The lowest BCUT2D eigenvalue weighted by atomic mass is 9.92. The van der Waals surface area contributed by atoms with Crippen molar-refractivity contribution in [3.8, 4) is 0 Å². The van der Waals surface area contributed by atoms with Gasteiger partial charge < -0.3 is 11.5 Å². The Hall–Kier alpha value is -1.02. The fraction of sp³-hybridized carbons (Fsp3) is 0.500. The van der Waals surface area contributed by atoms with Crippen LogP contribution < -0.4 is 11.5 Å². The maximum Gasteiger partial charge on any atom is 0.0392 e. The molecule has 0 aromatic heterocycles. The zero-order valence-corrected chi connectivity index (χ0v) is 9.46. The maximum atomic E-state index is 6.10. The van der Waals surface area contributed by atoms with E-state index in [0.717, 1.165) is 16.8 Å². The summed E-state index contributed by atoms with van der Waals surface area (Å²) in [6, 6.07) is 4.22. The molecule has 0 saturated heterocycles. The van der Waals surface area contributed by atoms with E-state index in [2.05, 4.69) is 32.9 Å². The monoisotopic (exact) mass is 192 g/mol. The van der Waals surface area contributed by atoms with Gasteiger partial charge in [0.05, 0.1) is 0 Å². The Kier molecular flexibility index (Phi) is 3.17. The number of benzene rings is 1. The highest BCUT2D eigenvalue weighted by Gasteiger charge is 2.14. The fourth-order valence-electron chi connectivity index (χ4n) is 1.65. The predicted octanol–water partition coefficient (Wildman–Crippen LogP) is 2.54. The Bertz CT molecular complexity index is 329. The van der Waals surface area contributed by atoms with Crippen molar-refractivity contribution >= 4 is 5.69 Å². The van der Waals surface area contributed by atoms with E-state index in [-0.39, 0.29) is 6.04 Å². The summed E-state index contributed by atoms with van der Waals surface area (Å²) >= 11 is 0. The number of hydrogen-bond acceptors (Lipinski definition) is 2. The lowest BCUT2D eigenvalue weighted by Gasteiger charge is -2.20. The molecule has 0 fully saturated rings. The zero-order valence-electron chi connectivity index (χ0n) is 9.46. The second-order valence-electron chi connectivity index (χ2n) is 4.35. The number of nitrogen functional groups attached to an aromatic ring is 1. The molecule has 1 aromatic rings. The summed E-state index contributed by atoms with van der Waals surface area (Å²) in [5.74, 6) is 0.415. The van der Waals surface area contributed by atoms with Crippen LogP contribution in [0.15, 0.2) is 12.1 Å². The fourth-order valence-corrected chi connectivity index (χ4v) is 1.65. The SMILES string of the molecule is Cc1cc(C)c(N)c([C@@H](N)C(C)C)c1. The Morgan fingerprint density at radius 1 is 1.14 bits per heavy atom. The van der Waals surface area contributed by atoms with E-state index in [1.165, 1.54) is 5.56 Å². The third-order valence-corrected chi connectivity index (χ3v) is 2.64. The summed E-state index contributed by atoms with van der Waals surface area (Å²) in [4.78, 5) is 0. The van der Waals surface area contributed by atoms with Crippen LogP contribution in [-0.4, -0.2) is 0 Å². The molecule has 0 radical (unpaired) electrons. The topological polar surface area (TPSA) is 52.0 Å². The number of nitrogens with two attached hydrogens (primary N) is 2. The summed E-state index contributed by atoms with van der Waals surface area (Å²) in [6.45, 7) is 8.32. The molecule has 0 spiro atoms. The lowest BCUT2D eigenvalue weighted by molar-refractivity contribution is 0.515. The molecule has 0 bridgehead atoms. The minimum Gasteiger partial charge on any atom is -0.398 e. The van der Waals surface area contributed by atoms with Crippen LogP contribution in [0.2, 0.25) is 0 Å². The molecule has 0 aliphatic heterocycles. The molecule has 0 amide bonds. The normalized spacial score (nSPS) is 13.3. The van der Waals surface area contributed by atoms with Gasteiger partial charge in [0, 0.05) is 11.7 Å². The first kappa shape index (κ1) is 11.1. The number of anilines is 1. The Morgan fingerprint density at radius 2 is 1.71 bits per heavy atom. The molecule has 0 heterocycles. The molecule has 2 heteroatoms. The van der Waals surface area contributed by atoms with Crippen LogP contribution in [0.25, 0.3) is 0 Å². The van der Waals surface area contributed by atoms with Crippen molar-refractivity contribution in [3.05, 3.63) is 28.8 Å². The summed E-state index contributed by atoms with van der Waals surface area (Å²) in [5, 5.41) is 0. The molecule has 0 saturated carbocycles. The molecule has 1 aromatic carbocycles. The zero-order chi connectivity index (χ0) is 10.9. The van der Waals surface area contributed by atoms with Crippen molar-refractivity contribution in [1.29, 1.82) is 0 Å². The molecule has 2 nitrogen and oxygen atoms in total. The van der Waals surface area contributed by atoms with E-state index < -0.39 is 0 Å². The average Bonchev–Trinajstić information content (AvgIpc) is 2.09. The molecular formula is C12H20N2. The van der Waals surface area contributed by atoms with E-state index in [1.807, 2.05) is 6.92 Å². The molecule has 0 aliphatic carbocycles. The maximum absolute atomic E-state index is 6.10. The van der Waals surface area contributed by atoms with Crippen molar-refractivity contribution in [2.75, 3.05) is 5.73 Å². The van der Waals surface area contributed by atoms with Crippen LogP contribution in [0.5, 0.6) is 0 Å². The van der Waals surface area contributed by atoms with E-state index in [1.54, 1.807) is 0 Å². The third kappa shape index (κ3) is 2.07. The van der Waals surface area contributed by atoms with Gasteiger partial charge in [-0.25, -0.2) is 0 Å². The summed E-state index contributed by atoms with van der Waals surface area (Å²) < 4.78 is 0. The Labute approximate surface area is 86.3 Å². The van der Waals surface area contributed by atoms with Gasteiger partial charge in [0.15, 0.2) is 0 Å².